The first kappa shape index (κ1) is 22.9. The molecule has 0 saturated carbocycles. The lowest BCUT2D eigenvalue weighted by Gasteiger charge is -2.36. The summed E-state index contributed by atoms with van der Waals surface area (Å²) in [4.78, 5) is 39.1. The fourth-order valence-corrected chi connectivity index (χ4v) is 4.86. The van der Waals surface area contributed by atoms with E-state index < -0.39 is 0 Å². The normalized spacial score (nSPS) is 16.4. The van der Waals surface area contributed by atoms with Gasteiger partial charge < -0.3 is 19.6 Å². The summed E-state index contributed by atoms with van der Waals surface area (Å²) < 4.78 is 0. The zero-order valence-corrected chi connectivity index (χ0v) is 20.1. The van der Waals surface area contributed by atoms with E-state index in [0.29, 0.717) is 37.4 Å². The van der Waals surface area contributed by atoms with Gasteiger partial charge in [-0.2, -0.15) is 0 Å². The number of carbonyl (C=O) groups excluding carboxylic acids is 2. The molecular weight excluding hydrogens is 438 g/mol. The van der Waals surface area contributed by atoms with Gasteiger partial charge in [0.1, 0.15) is 5.69 Å². The van der Waals surface area contributed by atoms with Crippen molar-refractivity contribution in [2.75, 3.05) is 62.2 Å². The Bertz CT molecular complexity index is 1170. The van der Waals surface area contributed by atoms with Gasteiger partial charge in [0, 0.05) is 69.9 Å². The Labute approximate surface area is 206 Å². The van der Waals surface area contributed by atoms with E-state index in [9.17, 15) is 9.59 Å². The molecule has 1 aromatic heterocycles. The van der Waals surface area contributed by atoms with Crippen LogP contribution in [-0.2, 0) is 0 Å². The van der Waals surface area contributed by atoms with Crippen LogP contribution in [0.5, 0.6) is 0 Å². The molecule has 35 heavy (non-hydrogen) atoms. The minimum atomic E-state index is -0.0642. The van der Waals surface area contributed by atoms with E-state index in [2.05, 4.69) is 39.0 Å². The number of carbonyl (C=O) groups is 2. The van der Waals surface area contributed by atoms with Crippen LogP contribution in [0, 0.1) is 6.92 Å². The first-order valence-corrected chi connectivity index (χ1v) is 12.3. The predicted molar refractivity (Wildman–Crippen MR) is 138 cm³/mol. The molecule has 0 atom stereocenters. The Morgan fingerprint density at radius 3 is 1.57 bits per heavy atom. The van der Waals surface area contributed by atoms with E-state index in [1.165, 1.54) is 11.4 Å². The topological polar surface area (TPSA) is 60.0 Å². The van der Waals surface area contributed by atoms with E-state index in [1.54, 1.807) is 6.20 Å². The number of pyridine rings is 1. The van der Waals surface area contributed by atoms with E-state index in [1.807, 2.05) is 59.2 Å². The van der Waals surface area contributed by atoms with Crippen LogP contribution < -0.4 is 9.80 Å². The van der Waals surface area contributed by atoms with Crippen molar-refractivity contribution in [3.8, 4) is 0 Å². The number of hydrogen-bond donors (Lipinski definition) is 0. The Hall–Kier alpha value is -3.87. The second-order valence-electron chi connectivity index (χ2n) is 9.12. The summed E-state index contributed by atoms with van der Waals surface area (Å²) in [6, 6.07) is 22.4. The monoisotopic (exact) mass is 469 g/mol. The number of aryl methyl sites for hydroxylation is 1. The van der Waals surface area contributed by atoms with Gasteiger partial charge in [-0.1, -0.05) is 36.4 Å². The number of benzene rings is 2. The minimum Gasteiger partial charge on any atom is -0.368 e. The van der Waals surface area contributed by atoms with Crippen LogP contribution in [-0.4, -0.2) is 79.0 Å². The van der Waals surface area contributed by atoms with Crippen molar-refractivity contribution in [2.45, 2.75) is 6.92 Å². The molecule has 0 aliphatic carbocycles. The van der Waals surface area contributed by atoms with E-state index in [-0.39, 0.29) is 11.8 Å². The number of anilines is 2. The molecule has 5 rings (SSSR count). The summed E-state index contributed by atoms with van der Waals surface area (Å²) in [5.41, 5.74) is 4.09. The highest BCUT2D eigenvalue weighted by Crippen LogP contribution is 2.20. The van der Waals surface area contributed by atoms with Gasteiger partial charge in [0.25, 0.3) is 11.8 Å². The van der Waals surface area contributed by atoms with Gasteiger partial charge in [-0.3, -0.25) is 9.59 Å². The molecule has 180 valence electrons. The molecule has 0 radical (unpaired) electrons. The number of nitrogens with zero attached hydrogens (tertiary/aromatic N) is 5. The number of rotatable bonds is 4. The first-order valence-electron chi connectivity index (χ1n) is 12.3. The summed E-state index contributed by atoms with van der Waals surface area (Å²) in [6.45, 7) is 7.69. The van der Waals surface area contributed by atoms with Crippen LogP contribution in [0.2, 0.25) is 0 Å². The first-order chi connectivity index (χ1) is 17.1. The van der Waals surface area contributed by atoms with E-state index in [4.69, 9.17) is 0 Å². The SMILES string of the molecule is Cc1cc(C(=O)N2CCN(c3ccccc3)CC2)cnc1C(=O)N1CCN(c2ccccc2)CC1. The Kier molecular flexibility index (Phi) is 6.66. The summed E-state index contributed by atoms with van der Waals surface area (Å²) in [6.07, 6.45) is 1.56. The zero-order chi connectivity index (χ0) is 24.2. The van der Waals surface area contributed by atoms with Gasteiger partial charge >= 0.3 is 0 Å². The molecule has 7 heteroatoms. The minimum absolute atomic E-state index is 0.0243. The van der Waals surface area contributed by atoms with E-state index >= 15 is 0 Å². The number of amides is 2. The highest BCUT2D eigenvalue weighted by Gasteiger charge is 2.26. The maximum absolute atomic E-state index is 13.2. The molecule has 2 fully saturated rings. The Morgan fingerprint density at radius 2 is 1.11 bits per heavy atom. The third kappa shape index (κ3) is 4.99. The zero-order valence-electron chi connectivity index (χ0n) is 20.1. The van der Waals surface area contributed by atoms with Crippen molar-refractivity contribution in [1.29, 1.82) is 0 Å². The van der Waals surface area contributed by atoms with Crippen LogP contribution in [0.15, 0.2) is 72.9 Å². The Morgan fingerprint density at radius 1 is 0.657 bits per heavy atom. The number of para-hydroxylation sites is 2. The molecule has 3 heterocycles. The van der Waals surface area contributed by atoms with Crippen molar-refractivity contribution < 1.29 is 9.59 Å². The summed E-state index contributed by atoms with van der Waals surface area (Å²) in [5, 5.41) is 0. The highest BCUT2D eigenvalue weighted by molar-refractivity contribution is 5.97. The summed E-state index contributed by atoms with van der Waals surface area (Å²) >= 11 is 0. The fourth-order valence-electron chi connectivity index (χ4n) is 4.86. The summed E-state index contributed by atoms with van der Waals surface area (Å²) in [7, 11) is 0. The average molecular weight is 470 g/mol. The lowest BCUT2D eigenvalue weighted by atomic mass is 10.1. The fraction of sp³-hybridized carbons (Fsp3) is 0.321. The molecule has 3 aromatic rings. The molecule has 2 aliphatic rings. The van der Waals surface area contributed by atoms with Crippen molar-refractivity contribution >= 4 is 23.2 Å². The number of hydrogen-bond acceptors (Lipinski definition) is 5. The predicted octanol–water partition coefficient (Wildman–Crippen LogP) is 3.31. The molecule has 0 unspecified atom stereocenters. The molecular formula is C28H31N5O2. The molecule has 0 N–H and O–H groups in total. The Balaban J connectivity index is 1.19. The van der Waals surface area contributed by atoms with Crippen LogP contribution in [0.4, 0.5) is 11.4 Å². The van der Waals surface area contributed by atoms with Crippen LogP contribution in [0.25, 0.3) is 0 Å². The summed E-state index contributed by atoms with van der Waals surface area (Å²) in [5.74, 6) is -0.0885. The third-order valence-corrected chi connectivity index (χ3v) is 6.90. The molecule has 0 bridgehead atoms. The lowest BCUT2D eigenvalue weighted by Crippen LogP contribution is -2.49. The maximum Gasteiger partial charge on any atom is 0.272 e. The van der Waals surface area contributed by atoms with Crippen LogP contribution >= 0.6 is 0 Å². The molecule has 2 aliphatic heterocycles. The lowest BCUT2D eigenvalue weighted by molar-refractivity contribution is 0.0729. The molecule has 2 amide bonds. The van der Waals surface area contributed by atoms with Crippen molar-refractivity contribution in [2.24, 2.45) is 0 Å². The standard InChI is InChI=1S/C28H31N5O2/c1-22-20-23(27(34)32-16-12-30(13-17-32)24-8-4-2-5-9-24)21-29-26(22)28(35)33-18-14-31(15-19-33)25-10-6-3-7-11-25/h2-11,20-21H,12-19H2,1H3. The molecule has 7 nitrogen and oxygen atoms in total. The quantitative estimate of drug-likeness (QED) is 0.587. The van der Waals surface area contributed by atoms with Gasteiger partial charge in [0.2, 0.25) is 0 Å². The van der Waals surface area contributed by atoms with Crippen molar-refractivity contribution in [3.05, 3.63) is 89.7 Å². The maximum atomic E-state index is 13.2. The second kappa shape index (κ2) is 10.2. The second-order valence-corrected chi connectivity index (χ2v) is 9.12. The highest BCUT2D eigenvalue weighted by atomic mass is 16.2. The van der Waals surface area contributed by atoms with Crippen molar-refractivity contribution in [1.82, 2.24) is 14.8 Å². The average Bonchev–Trinajstić information content (AvgIpc) is 2.93. The largest absolute Gasteiger partial charge is 0.368 e. The van der Waals surface area contributed by atoms with Crippen LogP contribution in [0.3, 0.4) is 0 Å². The molecule has 2 aromatic carbocycles. The number of aromatic nitrogens is 1. The van der Waals surface area contributed by atoms with Gasteiger partial charge in [0.15, 0.2) is 0 Å². The van der Waals surface area contributed by atoms with E-state index in [0.717, 1.165) is 31.7 Å². The smallest absolute Gasteiger partial charge is 0.272 e. The van der Waals surface area contributed by atoms with Crippen molar-refractivity contribution in [3.63, 3.8) is 0 Å². The molecule has 0 spiro atoms. The van der Waals surface area contributed by atoms with Crippen LogP contribution in [0.1, 0.15) is 26.4 Å². The number of piperazine rings is 2. The van der Waals surface area contributed by atoms with Gasteiger partial charge in [-0.15, -0.1) is 0 Å². The van der Waals surface area contributed by atoms with Gasteiger partial charge in [0.05, 0.1) is 5.56 Å². The van der Waals surface area contributed by atoms with Gasteiger partial charge in [-0.05, 0) is 42.8 Å². The molecule has 2 saturated heterocycles. The third-order valence-electron chi connectivity index (χ3n) is 6.90. The van der Waals surface area contributed by atoms with Gasteiger partial charge in [-0.25, -0.2) is 4.98 Å².